The van der Waals surface area contributed by atoms with Gasteiger partial charge in [-0.05, 0) is 43.7 Å². The molecule has 5 amide bonds. The molecule has 1 heterocycles. The number of hydroxylamine groups is 1. The van der Waals surface area contributed by atoms with Crippen LogP contribution in [0.15, 0.2) is 18.2 Å². The van der Waals surface area contributed by atoms with E-state index in [-0.39, 0.29) is 36.3 Å². The highest BCUT2D eigenvalue weighted by Crippen LogP contribution is 2.24. The van der Waals surface area contributed by atoms with Crippen LogP contribution in [0.4, 0.5) is 8.78 Å². The Balaban J connectivity index is 2.08. The molecular weight excluding hydrogens is 576 g/mol. The number of carbonyl (C=O) groups excluding carboxylic acids is 5. The predicted octanol–water partition coefficient (Wildman–Crippen LogP) is 3.30. The zero-order chi connectivity index (χ0) is 32.8. The van der Waals surface area contributed by atoms with Gasteiger partial charge in [0, 0.05) is 38.2 Å². The minimum absolute atomic E-state index is 0.0713. The van der Waals surface area contributed by atoms with E-state index in [0.29, 0.717) is 38.3 Å². The summed E-state index contributed by atoms with van der Waals surface area (Å²) in [6.45, 7) is 6.06. The number of unbranched alkanes of at least 4 members (excludes halogenated alkanes) is 4. The van der Waals surface area contributed by atoms with Gasteiger partial charge >= 0.3 is 0 Å². The average molecular weight is 624 g/mol. The molecule has 1 saturated heterocycles. The largest absolute Gasteiger partial charge is 0.352 e. The van der Waals surface area contributed by atoms with Crippen molar-refractivity contribution in [2.24, 2.45) is 5.92 Å². The maximum absolute atomic E-state index is 13.7. The fourth-order valence-electron chi connectivity index (χ4n) is 5.48. The Labute approximate surface area is 258 Å². The second-order valence-electron chi connectivity index (χ2n) is 11.4. The van der Waals surface area contributed by atoms with Gasteiger partial charge in [0.1, 0.15) is 29.8 Å². The van der Waals surface area contributed by atoms with Crippen LogP contribution in [-0.4, -0.2) is 82.8 Å². The van der Waals surface area contributed by atoms with Crippen molar-refractivity contribution < 1.29 is 38.0 Å². The van der Waals surface area contributed by atoms with E-state index in [1.54, 1.807) is 11.8 Å². The summed E-state index contributed by atoms with van der Waals surface area (Å²) in [6, 6.07) is -0.631. The Morgan fingerprint density at radius 3 is 2.30 bits per heavy atom. The van der Waals surface area contributed by atoms with Gasteiger partial charge < -0.3 is 20.4 Å². The molecular formula is C31H47F2N5O6. The quantitative estimate of drug-likeness (QED) is 0.119. The van der Waals surface area contributed by atoms with Crippen LogP contribution in [0.5, 0.6) is 0 Å². The Kier molecular flexibility index (Phi) is 15.2. The van der Waals surface area contributed by atoms with Crippen LogP contribution in [0.1, 0.15) is 95.3 Å². The molecule has 246 valence electrons. The van der Waals surface area contributed by atoms with Gasteiger partial charge in [-0.15, -0.1) is 0 Å². The van der Waals surface area contributed by atoms with Gasteiger partial charge in [-0.25, -0.2) is 14.3 Å². The number of amides is 5. The van der Waals surface area contributed by atoms with Crippen molar-refractivity contribution in [2.45, 2.75) is 103 Å². The zero-order valence-electron chi connectivity index (χ0n) is 26.2. The smallest absolute Gasteiger partial charge is 0.265 e. The van der Waals surface area contributed by atoms with Gasteiger partial charge in [0.25, 0.3) is 11.8 Å². The minimum atomic E-state index is -1.30. The highest BCUT2D eigenvalue weighted by atomic mass is 19.1. The lowest BCUT2D eigenvalue weighted by molar-refractivity contribution is -0.148. The highest BCUT2D eigenvalue weighted by molar-refractivity contribution is 5.95. The van der Waals surface area contributed by atoms with E-state index >= 15 is 0 Å². The number of nitrogens with one attached hydrogen (secondary N) is 3. The minimum Gasteiger partial charge on any atom is -0.352 e. The molecule has 44 heavy (non-hydrogen) atoms. The Bertz CT molecular complexity index is 1130. The number of hydrogen-bond acceptors (Lipinski definition) is 6. The van der Waals surface area contributed by atoms with Gasteiger partial charge in [0.05, 0.1) is 0 Å². The normalized spacial score (nSPS) is 16.5. The number of hydrogen-bond donors (Lipinski definition) is 4. The molecule has 4 atom stereocenters. The molecule has 0 spiro atoms. The standard InChI is InChI=1S/C31H47F2N5O6/c1-5-7-8-9-10-13-26(39)38-16-11-12-25(38)31(43)37(4)27(20(3)6-2)30(42)35-24(29(41)36-44)14-15-34-28(40)21-17-22(32)19-23(33)18-21/h17-20,24-25,27,44H,5-16H2,1-4H3,(H,34,40)(H,35,42)(H,36,41)/t20?,24?,25-,27?/m0/s1. The van der Waals surface area contributed by atoms with Crippen LogP contribution >= 0.6 is 0 Å². The molecule has 1 fully saturated rings. The second-order valence-corrected chi connectivity index (χ2v) is 11.4. The topological polar surface area (TPSA) is 148 Å². The Morgan fingerprint density at radius 1 is 1.02 bits per heavy atom. The third-order valence-electron chi connectivity index (χ3n) is 8.16. The second kappa shape index (κ2) is 18.3. The average Bonchev–Trinajstić information content (AvgIpc) is 3.49. The van der Waals surface area contributed by atoms with Gasteiger partial charge in [0.15, 0.2) is 0 Å². The molecule has 0 aliphatic carbocycles. The van der Waals surface area contributed by atoms with Crippen molar-refractivity contribution in [2.75, 3.05) is 20.1 Å². The molecule has 0 bridgehead atoms. The lowest BCUT2D eigenvalue weighted by atomic mass is 9.95. The molecule has 1 aromatic carbocycles. The van der Waals surface area contributed by atoms with E-state index in [9.17, 15) is 38.0 Å². The summed E-state index contributed by atoms with van der Waals surface area (Å²) in [5.41, 5.74) is 1.23. The maximum atomic E-state index is 13.7. The van der Waals surface area contributed by atoms with Crippen molar-refractivity contribution in [3.63, 3.8) is 0 Å². The number of likely N-dealkylation sites (N-methyl/N-ethyl adjacent to an activating group) is 1. The van der Waals surface area contributed by atoms with Crippen LogP contribution in [0.2, 0.25) is 0 Å². The molecule has 3 unspecified atom stereocenters. The van der Waals surface area contributed by atoms with Crippen LogP contribution in [-0.2, 0) is 19.2 Å². The first-order chi connectivity index (χ1) is 20.9. The number of nitrogens with zero attached hydrogens (tertiary/aromatic N) is 2. The first kappa shape index (κ1) is 36.6. The van der Waals surface area contributed by atoms with Gasteiger partial charge in [-0.2, -0.15) is 0 Å². The number of carbonyl (C=O) groups is 5. The summed E-state index contributed by atoms with van der Waals surface area (Å²) in [5, 5.41) is 14.3. The Hall–Kier alpha value is -3.61. The van der Waals surface area contributed by atoms with Crippen molar-refractivity contribution in [3.8, 4) is 0 Å². The van der Waals surface area contributed by atoms with Gasteiger partial charge in [0.2, 0.25) is 17.7 Å². The van der Waals surface area contributed by atoms with E-state index in [1.165, 1.54) is 17.4 Å². The van der Waals surface area contributed by atoms with Crippen LogP contribution in [0.25, 0.3) is 0 Å². The summed E-state index contributed by atoms with van der Waals surface area (Å²) in [6.07, 6.45) is 6.90. The van der Waals surface area contributed by atoms with E-state index in [4.69, 9.17) is 0 Å². The molecule has 13 heteroatoms. The predicted molar refractivity (Wildman–Crippen MR) is 159 cm³/mol. The lowest BCUT2D eigenvalue weighted by Crippen LogP contribution is -2.58. The van der Waals surface area contributed by atoms with Crippen LogP contribution in [0, 0.1) is 17.6 Å². The molecule has 0 saturated carbocycles. The SMILES string of the molecule is CCCCCCCC(=O)N1CCC[C@H]1C(=O)N(C)C(C(=O)NC(CCNC(=O)c1cc(F)cc(F)c1)C(=O)NO)C(C)CC. The molecule has 4 N–H and O–H groups in total. The molecule has 11 nitrogen and oxygen atoms in total. The van der Waals surface area contributed by atoms with Crippen LogP contribution < -0.4 is 16.1 Å². The van der Waals surface area contributed by atoms with E-state index < -0.39 is 47.5 Å². The first-order valence-electron chi connectivity index (χ1n) is 15.5. The van der Waals surface area contributed by atoms with Crippen LogP contribution in [0.3, 0.4) is 0 Å². The van der Waals surface area contributed by atoms with E-state index in [0.717, 1.165) is 44.2 Å². The van der Waals surface area contributed by atoms with Crippen molar-refractivity contribution in [1.29, 1.82) is 0 Å². The molecule has 0 radical (unpaired) electrons. The zero-order valence-corrected chi connectivity index (χ0v) is 26.2. The third-order valence-corrected chi connectivity index (χ3v) is 8.16. The maximum Gasteiger partial charge on any atom is 0.265 e. The Morgan fingerprint density at radius 2 is 1.68 bits per heavy atom. The van der Waals surface area contributed by atoms with E-state index in [2.05, 4.69) is 17.6 Å². The fourth-order valence-corrected chi connectivity index (χ4v) is 5.48. The van der Waals surface area contributed by atoms with Crippen molar-refractivity contribution in [3.05, 3.63) is 35.4 Å². The lowest BCUT2D eigenvalue weighted by Gasteiger charge is -2.36. The van der Waals surface area contributed by atoms with Gasteiger partial charge in [-0.1, -0.05) is 52.9 Å². The number of likely N-dealkylation sites (tertiary alicyclic amines) is 1. The summed E-state index contributed by atoms with van der Waals surface area (Å²) in [4.78, 5) is 67.9. The molecule has 1 aromatic rings. The fraction of sp³-hybridized carbons (Fsp3) is 0.645. The summed E-state index contributed by atoms with van der Waals surface area (Å²) < 4.78 is 27.0. The number of benzene rings is 1. The molecule has 1 aliphatic rings. The summed E-state index contributed by atoms with van der Waals surface area (Å²) >= 11 is 0. The van der Waals surface area contributed by atoms with Crippen molar-refractivity contribution in [1.82, 2.24) is 25.9 Å². The molecule has 0 aromatic heterocycles. The molecule has 2 rings (SSSR count). The summed E-state index contributed by atoms with van der Waals surface area (Å²) in [5.74, 6) is -5.00. The monoisotopic (exact) mass is 623 g/mol. The molecule has 1 aliphatic heterocycles. The third kappa shape index (κ3) is 10.5. The summed E-state index contributed by atoms with van der Waals surface area (Å²) in [7, 11) is 1.50. The van der Waals surface area contributed by atoms with Crippen molar-refractivity contribution >= 4 is 29.5 Å². The van der Waals surface area contributed by atoms with E-state index in [1.807, 2.05) is 6.92 Å². The number of halogens is 2. The van der Waals surface area contributed by atoms with Gasteiger partial charge in [-0.3, -0.25) is 29.2 Å². The first-order valence-corrected chi connectivity index (χ1v) is 15.5. The number of rotatable bonds is 17. The highest BCUT2D eigenvalue weighted by Gasteiger charge is 2.40.